The van der Waals surface area contributed by atoms with Crippen molar-refractivity contribution in [3.8, 4) is 0 Å². The van der Waals surface area contributed by atoms with Gasteiger partial charge in [0.15, 0.2) is 0 Å². The van der Waals surface area contributed by atoms with Crippen LogP contribution in [0, 0.1) is 0 Å². The molecule has 0 unspecified atom stereocenters. The molecular weight excluding hydrogens is 182 g/mol. The van der Waals surface area contributed by atoms with Crippen molar-refractivity contribution in [2.24, 2.45) is 0 Å². The van der Waals surface area contributed by atoms with Crippen LogP contribution in [0.1, 0.15) is 0 Å². The largest absolute Gasteiger partial charge is 0.276 e. The minimum Gasteiger partial charge on any atom is -0.200 e. The molecule has 4 heteroatoms. The van der Waals surface area contributed by atoms with Gasteiger partial charge in [-0.2, -0.15) is 8.78 Å². The third kappa shape index (κ3) is 3.17. The average Bonchev–Trinajstić information content (AvgIpc) is 1.31. The first-order valence-electron chi connectivity index (χ1n) is 2.01. The predicted octanol–water partition coefficient (Wildman–Crippen LogP) is 2.00. The quantitative estimate of drug-likeness (QED) is 0.437. The molecule has 0 aliphatic carbocycles. The summed E-state index contributed by atoms with van der Waals surface area (Å²) in [5, 5.41) is 0. The van der Waals surface area contributed by atoms with E-state index in [4.69, 9.17) is 0 Å². The zero-order valence-corrected chi connectivity index (χ0v) is 6.95. The Labute approximate surface area is 51.6 Å². The van der Waals surface area contributed by atoms with E-state index in [1.807, 2.05) is 0 Å². The van der Waals surface area contributed by atoms with Crippen molar-refractivity contribution in [3.63, 3.8) is 0 Å². The zero-order chi connectivity index (χ0) is 6.08. The lowest BCUT2D eigenvalue weighted by Crippen LogP contribution is -2.24. The van der Waals surface area contributed by atoms with Gasteiger partial charge in [-0.15, -0.1) is 0 Å². The summed E-state index contributed by atoms with van der Waals surface area (Å²) in [6.07, 6.45) is 0. The van der Waals surface area contributed by atoms with E-state index in [-0.39, 0.29) is 0 Å². The Hall–Kier alpha value is 0.557. The van der Waals surface area contributed by atoms with Crippen molar-refractivity contribution >= 4 is 24.7 Å². The normalized spacial score (nSPS) is 12.9. The van der Waals surface area contributed by atoms with Gasteiger partial charge in [0.1, 0.15) is 8.80 Å². The van der Waals surface area contributed by atoms with Crippen molar-refractivity contribution in [2.45, 2.75) is 17.5 Å². The lowest BCUT2D eigenvalue weighted by molar-refractivity contribution is 0.202. The van der Waals surface area contributed by atoms with Crippen LogP contribution in [0.15, 0.2) is 0 Å². The topological polar surface area (TPSA) is 0 Å². The SMILES string of the molecule is C[SiH](C)C(F)(F)Br. The van der Waals surface area contributed by atoms with Gasteiger partial charge in [-0.1, -0.05) is 13.1 Å². The number of alkyl halides is 3. The zero-order valence-electron chi connectivity index (χ0n) is 4.21. The molecule has 0 fully saturated rings. The molecule has 0 atom stereocenters. The highest BCUT2D eigenvalue weighted by Gasteiger charge is 2.29. The van der Waals surface area contributed by atoms with Gasteiger partial charge < -0.3 is 0 Å². The first kappa shape index (κ1) is 7.56. The van der Waals surface area contributed by atoms with Crippen LogP contribution in [0.4, 0.5) is 8.78 Å². The molecule has 0 nitrogen and oxygen atoms in total. The molecule has 0 spiro atoms. The Kier molecular flexibility index (Phi) is 2.39. The van der Waals surface area contributed by atoms with Crippen molar-refractivity contribution in [3.05, 3.63) is 0 Å². The van der Waals surface area contributed by atoms with Crippen LogP contribution in [-0.4, -0.2) is 13.3 Å². The van der Waals surface area contributed by atoms with Crippen LogP contribution < -0.4 is 0 Å². The second-order valence-electron chi connectivity index (χ2n) is 1.70. The minimum atomic E-state index is -2.55. The van der Waals surface area contributed by atoms with Gasteiger partial charge in [-0.05, 0) is 15.9 Å². The molecule has 0 radical (unpaired) electrons. The smallest absolute Gasteiger partial charge is 0.200 e. The van der Waals surface area contributed by atoms with E-state index < -0.39 is 13.3 Å². The third-order valence-electron chi connectivity index (χ3n) is 0.655. The molecule has 0 aromatic carbocycles. The van der Waals surface area contributed by atoms with Crippen LogP contribution in [0.3, 0.4) is 0 Å². The van der Waals surface area contributed by atoms with Crippen LogP contribution in [-0.2, 0) is 0 Å². The molecule has 0 aromatic heterocycles. The fourth-order valence-electron chi connectivity index (χ4n) is 0. The molecule has 0 saturated carbocycles. The summed E-state index contributed by atoms with van der Waals surface area (Å²) in [4.78, 5) is 0. The molecule has 0 saturated heterocycles. The molecule has 44 valence electrons. The molecule has 0 aliphatic rings. The maximum atomic E-state index is 11.8. The highest BCUT2D eigenvalue weighted by atomic mass is 79.9. The van der Waals surface area contributed by atoms with Gasteiger partial charge >= 0.3 is 0 Å². The monoisotopic (exact) mass is 188 g/mol. The molecule has 0 aliphatic heterocycles. The van der Waals surface area contributed by atoms with Crippen molar-refractivity contribution in [1.82, 2.24) is 0 Å². The van der Waals surface area contributed by atoms with Crippen molar-refractivity contribution in [1.29, 1.82) is 0 Å². The summed E-state index contributed by atoms with van der Waals surface area (Å²) in [6.45, 7) is 3.18. The van der Waals surface area contributed by atoms with Crippen molar-refractivity contribution in [2.75, 3.05) is 0 Å². The summed E-state index contributed by atoms with van der Waals surface area (Å²) in [5.74, 6) is 0. The lowest BCUT2D eigenvalue weighted by atomic mass is 11.6. The first-order chi connectivity index (χ1) is 2.94. The first-order valence-corrected chi connectivity index (χ1v) is 5.69. The van der Waals surface area contributed by atoms with E-state index in [0.717, 1.165) is 0 Å². The molecule has 0 bridgehead atoms. The molecule has 0 aromatic rings. The van der Waals surface area contributed by atoms with E-state index in [1.54, 1.807) is 13.1 Å². The highest BCUT2D eigenvalue weighted by molar-refractivity contribution is 9.10. The fraction of sp³-hybridized carbons (Fsp3) is 1.00. The Morgan fingerprint density at radius 1 is 1.43 bits per heavy atom. The van der Waals surface area contributed by atoms with Gasteiger partial charge in [-0.25, -0.2) is 0 Å². The lowest BCUT2D eigenvalue weighted by Gasteiger charge is -2.08. The molecule has 7 heavy (non-hydrogen) atoms. The van der Waals surface area contributed by atoms with E-state index in [1.165, 1.54) is 0 Å². The second-order valence-corrected chi connectivity index (χ2v) is 6.63. The van der Waals surface area contributed by atoms with Gasteiger partial charge in [0, 0.05) is 0 Å². The predicted molar refractivity (Wildman–Crippen MR) is 32.8 cm³/mol. The second kappa shape index (κ2) is 2.22. The Morgan fingerprint density at radius 3 is 1.57 bits per heavy atom. The van der Waals surface area contributed by atoms with Gasteiger partial charge in [0.05, 0.1) is 0 Å². The minimum absolute atomic E-state index is 1.59. The standard InChI is InChI=1S/C3H7BrF2Si/c1-7(2)3(4,5)6/h7H,1-2H3. The van der Waals surface area contributed by atoms with E-state index in [2.05, 4.69) is 15.9 Å². The molecule has 0 heterocycles. The highest BCUT2D eigenvalue weighted by Crippen LogP contribution is 2.24. The number of halogens is 3. The third-order valence-corrected chi connectivity index (χ3v) is 4.71. The number of hydrogen-bond acceptors (Lipinski definition) is 0. The van der Waals surface area contributed by atoms with E-state index >= 15 is 0 Å². The van der Waals surface area contributed by atoms with Gasteiger partial charge in [-0.3, -0.25) is 0 Å². The molecule has 0 N–H and O–H groups in total. The van der Waals surface area contributed by atoms with Crippen LogP contribution in [0.2, 0.25) is 13.1 Å². The Balaban J connectivity index is 3.54. The molecule has 0 amide bonds. The van der Waals surface area contributed by atoms with Crippen LogP contribution >= 0.6 is 15.9 Å². The maximum absolute atomic E-state index is 11.8. The summed E-state index contributed by atoms with van der Waals surface area (Å²) >= 11 is 2.27. The maximum Gasteiger partial charge on any atom is 0.276 e. The molecular formula is C3H7BrF2Si. The Bertz CT molecular complexity index is 58.4. The van der Waals surface area contributed by atoms with Gasteiger partial charge in [0.25, 0.3) is 4.46 Å². The van der Waals surface area contributed by atoms with Crippen LogP contribution in [0.25, 0.3) is 0 Å². The van der Waals surface area contributed by atoms with Crippen molar-refractivity contribution < 1.29 is 8.78 Å². The summed E-state index contributed by atoms with van der Waals surface area (Å²) in [6, 6.07) is 0. The number of hydrogen-bond donors (Lipinski definition) is 0. The summed E-state index contributed by atoms with van der Waals surface area (Å²) < 4.78 is 21.1. The molecule has 0 rings (SSSR count). The summed E-state index contributed by atoms with van der Waals surface area (Å²) in [7, 11) is -1.78. The van der Waals surface area contributed by atoms with Crippen LogP contribution in [0.5, 0.6) is 0 Å². The van der Waals surface area contributed by atoms with E-state index in [0.29, 0.717) is 0 Å². The fourth-order valence-corrected chi connectivity index (χ4v) is 0. The van der Waals surface area contributed by atoms with Gasteiger partial charge in [0.2, 0.25) is 0 Å². The number of rotatable bonds is 1. The van der Waals surface area contributed by atoms with E-state index in [9.17, 15) is 8.78 Å². The Morgan fingerprint density at radius 2 is 1.57 bits per heavy atom. The summed E-state index contributed by atoms with van der Waals surface area (Å²) in [5.41, 5.74) is 0. The average molecular weight is 189 g/mol.